The normalized spacial score (nSPS) is 24.2. The molecule has 1 heterocycles. The van der Waals surface area contributed by atoms with Crippen molar-refractivity contribution in [2.45, 2.75) is 45.9 Å². The highest BCUT2D eigenvalue weighted by atomic mass is 19.3. The molecule has 3 unspecified atom stereocenters. The number of hydrogen-bond acceptors (Lipinski definition) is 3. The minimum absolute atomic E-state index is 0.204. The lowest BCUT2D eigenvalue weighted by molar-refractivity contribution is -0.0498. The van der Waals surface area contributed by atoms with Gasteiger partial charge in [-0.25, -0.2) is 0 Å². The van der Waals surface area contributed by atoms with Gasteiger partial charge in [0.25, 0.3) is 0 Å². The molecule has 1 saturated heterocycles. The first-order valence-electron chi connectivity index (χ1n) is 7.56. The molecule has 5 heteroatoms. The van der Waals surface area contributed by atoms with Gasteiger partial charge in [0.2, 0.25) is 0 Å². The van der Waals surface area contributed by atoms with E-state index in [-0.39, 0.29) is 5.75 Å². The van der Waals surface area contributed by atoms with Crippen LogP contribution in [0.4, 0.5) is 14.5 Å². The smallest absolute Gasteiger partial charge is 0.387 e. The molecular formula is C16H24F2N2O. The summed E-state index contributed by atoms with van der Waals surface area (Å²) in [5.74, 6) is 0.816. The lowest BCUT2D eigenvalue weighted by Crippen LogP contribution is -2.57. The molecular weight excluding hydrogens is 274 g/mol. The second-order valence-corrected chi connectivity index (χ2v) is 5.77. The van der Waals surface area contributed by atoms with Gasteiger partial charge in [0, 0.05) is 30.9 Å². The van der Waals surface area contributed by atoms with E-state index in [9.17, 15) is 8.78 Å². The number of rotatable bonds is 5. The van der Waals surface area contributed by atoms with Crippen molar-refractivity contribution in [2.75, 3.05) is 18.0 Å². The number of alkyl halides is 2. The molecule has 0 bridgehead atoms. The molecule has 3 nitrogen and oxygen atoms in total. The van der Waals surface area contributed by atoms with E-state index < -0.39 is 6.61 Å². The average Bonchev–Trinajstić information content (AvgIpc) is 2.47. The van der Waals surface area contributed by atoms with E-state index in [4.69, 9.17) is 0 Å². The van der Waals surface area contributed by atoms with Gasteiger partial charge in [-0.05, 0) is 37.1 Å². The summed E-state index contributed by atoms with van der Waals surface area (Å²) in [6.45, 7) is 5.72. The largest absolute Gasteiger partial charge is 0.435 e. The van der Waals surface area contributed by atoms with Gasteiger partial charge in [0.05, 0.1) is 0 Å². The summed E-state index contributed by atoms with van der Waals surface area (Å²) in [7, 11) is 0. The number of nitrogens with zero attached hydrogens (tertiary/aromatic N) is 1. The number of hydrogen-bond donors (Lipinski definition) is 1. The van der Waals surface area contributed by atoms with E-state index in [0.717, 1.165) is 25.2 Å². The van der Waals surface area contributed by atoms with Crippen LogP contribution in [0.1, 0.15) is 27.2 Å². The van der Waals surface area contributed by atoms with Crippen molar-refractivity contribution in [3.63, 3.8) is 0 Å². The van der Waals surface area contributed by atoms with E-state index in [0.29, 0.717) is 18.0 Å². The van der Waals surface area contributed by atoms with Crippen LogP contribution in [0, 0.1) is 5.92 Å². The van der Waals surface area contributed by atoms with Crippen molar-refractivity contribution in [1.29, 1.82) is 0 Å². The summed E-state index contributed by atoms with van der Waals surface area (Å²) in [5, 5.41) is 3.59. The van der Waals surface area contributed by atoms with Gasteiger partial charge in [0.1, 0.15) is 5.75 Å². The SMILES string of the molecule is CCC(C)C1CN(c2ccc(OC(F)F)cc2)C(C)CN1. The van der Waals surface area contributed by atoms with Crippen molar-refractivity contribution in [2.24, 2.45) is 5.92 Å². The first-order chi connectivity index (χ1) is 10.0. The van der Waals surface area contributed by atoms with E-state index in [1.54, 1.807) is 12.1 Å². The Morgan fingerprint density at radius 2 is 2.00 bits per heavy atom. The highest BCUT2D eigenvalue weighted by molar-refractivity contribution is 5.50. The molecule has 1 aromatic carbocycles. The number of piperazine rings is 1. The first kappa shape index (κ1) is 16.0. The molecule has 3 atom stereocenters. The van der Waals surface area contributed by atoms with Crippen molar-refractivity contribution in [1.82, 2.24) is 5.32 Å². The van der Waals surface area contributed by atoms with Crippen LogP contribution in [0.5, 0.6) is 5.75 Å². The molecule has 0 saturated carbocycles. The maximum absolute atomic E-state index is 12.2. The van der Waals surface area contributed by atoms with Crippen LogP contribution < -0.4 is 15.0 Å². The summed E-state index contributed by atoms with van der Waals surface area (Å²) in [5.41, 5.74) is 1.05. The fourth-order valence-electron chi connectivity index (χ4n) is 2.73. The Hall–Kier alpha value is -1.36. The van der Waals surface area contributed by atoms with Crippen LogP contribution in [-0.2, 0) is 0 Å². The van der Waals surface area contributed by atoms with Gasteiger partial charge in [-0.2, -0.15) is 8.78 Å². The highest BCUT2D eigenvalue weighted by Gasteiger charge is 2.27. The van der Waals surface area contributed by atoms with Gasteiger partial charge >= 0.3 is 6.61 Å². The second-order valence-electron chi connectivity index (χ2n) is 5.77. The molecule has 1 fully saturated rings. The Bertz CT molecular complexity index is 438. The Morgan fingerprint density at radius 3 is 2.57 bits per heavy atom. The number of benzene rings is 1. The van der Waals surface area contributed by atoms with E-state index >= 15 is 0 Å². The molecule has 2 rings (SSSR count). The van der Waals surface area contributed by atoms with Gasteiger partial charge in [-0.3, -0.25) is 0 Å². The summed E-state index contributed by atoms with van der Waals surface area (Å²) < 4.78 is 28.7. The maximum Gasteiger partial charge on any atom is 0.387 e. The zero-order valence-electron chi connectivity index (χ0n) is 12.9. The van der Waals surface area contributed by atoms with Crippen LogP contribution in [-0.4, -0.2) is 31.8 Å². The van der Waals surface area contributed by atoms with Gasteiger partial charge in [0.15, 0.2) is 0 Å². The van der Waals surface area contributed by atoms with Crippen LogP contribution >= 0.6 is 0 Å². The highest BCUT2D eigenvalue weighted by Crippen LogP contribution is 2.25. The zero-order valence-corrected chi connectivity index (χ0v) is 12.9. The van der Waals surface area contributed by atoms with E-state index in [1.807, 2.05) is 12.1 Å². The lowest BCUT2D eigenvalue weighted by Gasteiger charge is -2.42. The number of nitrogens with one attached hydrogen (secondary N) is 1. The molecule has 0 radical (unpaired) electrons. The van der Waals surface area contributed by atoms with Crippen LogP contribution in [0.3, 0.4) is 0 Å². The molecule has 0 spiro atoms. The van der Waals surface area contributed by atoms with E-state index in [2.05, 4.69) is 35.7 Å². The Balaban J connectivity index is 2.07. The van der Waals surface area contributed by atoms with Gasteiger partial charge < -0.3 is 15.0 Å². The summed E-state index contributed by atoms with van der Waals surface area (Å²) in [6, 6.07) is 7.76. The van der Waals surface area contributed by atoms with E-state index in [1.165, 1.54) is 0 Å². The third kappa shape index (κ3) is 4.06. The van der Waals surface area contributed by atoms with Crippen LogP contribution in [0.25, 0.3) is 0 Å². The Morgan fingerprint density at radius 1 is 1.33 bits per heavy atom. The summed E-state index contributed by atoms with van der Waals surface area (Å²) >= 11 is 0. The molecule has 1 N–H and O–H groups in total. The summed E-state index contributed by atoms with van der Waals surface area (Å²) in [6.07, 6.45) is 1.14. The molecule has 1 aromatic rings. The lowest BCUT2D eigenvalue weighted by atomic mass is 9.95. The topological polar surface area (TPSA) is 24.5 Å². The van der Waals surface area contributed by atoms with Gasteiger partial charge in [-0.15, -0.1) is 0 Å². The number of ether oxygens (including phenoxy) is 1. The minimum Gasteiger partial charge on any atom is -0.435 e. The zero-order chi connectivity index (χ0) is 15.4. The predicted octanol–water partition coefficient (Wildman–Crippen LogP) is 3.50. The van der Waals surface area contributed by atoms with Crippen molar-refractivity contribution in [3.05, 3.63) is 24.3 Å². The second kappa shape index (κ2) is 7.07. The standard InChI is InChI=1S/C16H24F2N2O/c1-4-11(2)15-10-20(12(3)9-19-15)13-5-7-14(8-6-13)21-16(17)18/h5-8,11-12,15-16,19H,4,9-10H2,1-3H3. The third-order valence-corrected chi connectivity index (χ3v) is 4.33. The van der Waals surface area contributed by atoms with Gasteiger partial charge in [-0.1, -0.05) is 20.3 Å². The van der Waals surface area contributed by atoms with Crippen molar-refractivity contribution in [3.8, 4) is 5.75 Å². The molecule has 21 heavy (non-hydrogen) atoms. The first-order valence-corrected chi connectivity index (χ1v) is 7.56. The van der Waals surface area contributed by atoms with Crippen LogP contribution in [0.15, 0.2) is 24.3 Å². The molecule has 118 valence electrons. The van der Waals surface area contributed by atoms with Crippen molar-refractivity contribution >= 4 is 5.69 Å². The molecule has 1 aliphatic heterocycles. The molecule has 1 aliphatic rings. The number of anilines is 1. The minimum atomic E-state index is -2.77. The van der Waals surface area contributed by atoms with Crippen LogP contribution in [0.2, 0.25) is 0 Å². The Kier molecular flexibility index (Phi) is 5.39. The Labute approximate surface area is 125 Å². The van der Waals surface area contributed by atoms with Crippen molar-refractivity contribution < 1.29 is 13.5 Å². The predicted molar refractivity (Wildman–Crippen MR) is 81.1 cm³/mol. The fourth-order valence-corrected chi connectivity index (χ4v) is 2.73. The third-order valence-electron chi connectivity index (χ3n) is 4.33. The molecule has 0 aliphatic carbocycles. The molecule has 0 amide bonds. The average molecular weight is 298 g/mol. The molecule has 0 aromatic heterocycles. The fraction of sp³-hybridized carbons (Fsp3) is 0.625. The quantitative estimate of drug-likeness (QED) is 0.900. The monoisotopic (exact) mass is 298 g/mol. The summed E-state index contributed by atoms with van der Waals surface area (Å²) in [4.78, 5) is 2.33. The maximum atomic E-state index is 12.2. The number of halogens is 2.